The summed E-state index contributed by atoms with van der Waals surface area (Å²) >= 11 is 5.93. The summed E-state index contributed by atoms with van der Waals surface area (Å²) in [5.74, 6) is 0.294. The molecule has 1 fully saturated rings. The molecule has 2 unspecified atom stereocenters. The molecule has 0 spiro atoms. The number of alkyl halides is 1. The normalized spacial score (nSPS) is 24.7. The summed E-state index contributed by atoms with van der Waals surface area (Å²) < 4.78 is 34.7. The molecule has 0 aromatic carbocycles. The molecule has 2 heterocycles. The van der Waals surface area contributed by atoms with Gasteiger partial charge in [-0.15, -0.1) is 11.6 Å². The van der Waals surface area contributed by atoms with Crippen LogP contribution in [0, 0.1) is 0 Å². The number of hydrogen-bond acceptors (Lipinski definition) is 3. The number of ether oxygens (including phenoxy) is 1. The molecule has 0 saturated carbocycles. The van der Waals surface area contributed by atoms with E-state index in [1.807, 2.05) is 32.3 Å². The highest BCUT2D eigenvalue weighted by Gasteiger charge is 2.35. The maximum Gasteiger partial charge on any atom is 0.245 e. The van der Waals surface area contributed by atoms with E-state index >= 15 is 0 Å². The standard InChI is InChI=1S/C14H23ClN2O3S/c1-10(2)16-8-14(5-13(16)6-15)21(18,19)17-7-12(4)20-9-11(17)3/h5,8,10-12H,6-7,9H2,1-4H3. The molecule has 0 bridgehead atoms. The van der Waals surface area contributed by atoms with E-state index in [-0.39, 0.29) is 18.2 Å². The van der Waals surface area contributed by atoms with Gasteiger partial charge in [-0.3, -0.25) is 0 Å². The van der Waals surface area contributed by atoms with Gasteiger partial charge in [-0.1, -0.05) is 0 Å². The Morgan fingerprint density at radius 2 is 2.10 bits per heavy atom. The Hall–Kier alpha value is -0.560. The van der Waals surface area contributed by atoms with E-state index in [4.69, 9.17) is 16.3 Å². The number of aromatic nitrogens is 1. The quantitative estimate of drug-likeness (QED) is 0.795. The third kappa shape index (κ3) is 3.28. The van der Waals surface area contributed by atoms with Gasteiger partial charge in [0.05, 0.1) is 18.6 Å². The second-order valence-electron chi connectivity index (χ2n) is 5.87. The molecule has 0 N–H and O–H groups in total. The summed E-state index contributed by atoms with van der Waals surface area (Å²) in [7, 11) is -3.52. The van der Waals surface area contributed by atoms with E-state index in [2.05, 4.69) is 0 Å². The van der Waals surface area contributed by atoms with Crippen LogP contribution in [0.4, 0.5) is 0 Å². The zero-order valence-electron chi connectivity index (χ0n) is 12.9. The number of sulfonamides is 1. The highest BCUT2D eigenvalue weighted by molar-refractivity contribution is 7.89. The maximum absolute atomic E-state index is 12.9. The summed E-state index contributed by atoms with van der Waals surface area (Å²) in [6.07, 6.45) is 1.60. The Morgan fingerprint density at radius 1 is 1.43 bits per heavy atom. The fourth-order valence-electron chi connectivity index (χ4n) is 2.57. The molecular weight excluding hydrogens is 312 g/mol. The Morgan fingerprint density at radius 3 is 2.62 bits per heavy atom. The van der Waals surface area contributed by atoms with Gasteiger partial charge < -0.3 is 9.30 Å². The second-order valence-corrected chi connectivity index (χ2v) is 8.03. The Balaban J connectivity index is 2.39. The van der Waals surface area contributed by atoms with Gasteiger partial charge in [-0.2, -0.15) is 4.31 Å². The average Bonchev–Trinajstić information content (AvgIpc) is 2.86. The molecule has 0 aliphatic carbocycles. The van der Waals surface area contributed by atoms with Gasteiger partial charge >= 0.3 is 0 Å². The minimum absolute atomic E-state index is 0.0874. The summed E-state index contributed by atoms with van der Waals surface area (Å²) in [5.41, 5.74) is 0.819. The highest BCUT2D eigenvalue weighted by atomic mass is 35.5. The van der Waals surface area contributed by atoms with Crippen LogP contribution in [-0.2, 0) is 20.6 Å². The van der Waals surface area contributed by atoms with E-state index < -0.39 is 10.0 Å². The van der Waals surface area contributed by atoms with Gasteiger partial charge in [0.1, 0.15) is 4.90 Å². The number of halogens is 1. The average molecular weight is 335 g/mol. The molecule has 2 rings (SSSR count). The van der Waals surface area contributed by atoms with Crippen molar-refractivity contribution in [2.24, 2.45) is 0 Å². The van der Waals surface area contributed by atoms with Crippen molar-refractivity contribution in [2.75, 3.05) is 13.2 Å². The van der Waals surface area contributed by atoms with Crippen LogP contribution in [0.5, 0.6) is 0 Å². The molecule has 0 amide bonds. The van der Waals surface area contributed by atoms with E-state index in [0.29, 0.717) is 23.9 Å². The predicted octanol–water partition coefficient (Wildman–Crippen LogP) is 2.61. The van der Waals surface area contributed by atoms with Crippen LogP contribution in [0.3, 0.4) is 0 Å². The van der Waals surface area contributed by atoms with Gasteiger partial charge in [0, 0.05) is 30.5 Å². The van der Waals surface area contributed by atoms with Gasteiger partial charge in [0.2, 0.25) is 10.0 Å². The molecule has 1 aliphatic heterocycles. The van der Waals surface area contributed by atoms with Crippen LogP contribution < -0.4 is 0 Å². The zero-order chi connectivity index (χ0) is 15.8. The van der Waals surface area contributed by atoms with Crippen molar-refractivity contribution < 1.29 is 13.2 Å². The van der Waals surface area contributed by atoms with E-state index in [0.717, 1.165) is 5.69 Å². The van der Waals surface area contributed by atoms with Crippen molar-refractivity contribution in [3.05, 3.63) is 18.0 Å². The van der Waals surface area contributed by atoms with Crippen LogP contribution >= 0.6 is 11.6 Å². The number of hydrogen-bond donors (Lipinski definition) is 0. The van der Waals surface area contributed by atoms with E-state index in [1.165, 1.54) is 4.31 Å². The molecule has 5 nitrogen and oxygen atoms in total. The SMILES string of the molecule is CC1CN(S(=O)(=O)c2cc(CCl)n(C(C)C)c2)C(C)CO1. The van der Waals surface area contributed by atoms with Crippen LogP contribution in [0.15, 0.2) is 17.2 Å². The van der Waals surface area contributed by atoms with Crippen molar-refractivity contribution in [2.45, 2.75) is 56.7 Å². The lowest BCUT2D eigenvalue weighted by Gasteiger charge is -2.35. The first kappa shape index (κ1) is 16.8. The summed E-state index contributed by atoms with van der Waals surface area (Å²) in [5, 5.41) is 0. The molecule has 2 atom stereocenters. The molecule has 1 aromatic heterocycles. The van der Waals surface area contributed by atoms with Gasteiger partial charge in [0.25, 0.3) is 0 Å². The van der Waals surface area contributed by atoms with Crippen LogP contribution in [0.2, 0.25) is 0 Å². The largest absolute Gasteiger partial charge is 0.375 e. The van der Waals surface area contributed by atoms with Crippen molar-refractivity contribution in [3.8, 4) is 0 Å². The monoisotopic (exact) mass is 334 g/mol. The lowest BCUT2D eigenvalue weighted by atomic mass is 10.2. The van der Waals surface area contributed by atoms with Crippen molar-refractivity contribution in [1.82, 2.24) is 8.87 Å². The fourth-order valence-corrected chi connectivity index (χ4v) is 4.53. The molecule has 21 heavy (non-hydrogen) atoms. The minimum Gasteiger partial charge on any atom is -0.375 e. The van der Waals surface area contributed by atoms with Crippen molar-refractivity contribution in [1.29, 1.82) is 0 Å². The molecule has 1 aromatic rings. The molecule has 120 valence electrons. The first-order chi connectivity index (χ1) is 9.77. The van der Waals surface area contributed by atoms with Crippen LogP contribution in [0.1, 0.15) is 39.4 Å². The predicted molar refractivity (Wildman–Crippen MR) is 83.1 cm³/mol. The first-order valence-corrected chi connectivity index (χ1v) is 9.15. The molecule has 1 saturated heterocycles. The molecule has 0 radical (unpaired) electrons. The number of nitrogens with zero attached hydrogens (tertiary/aromatic N) is 2. The third-order valence-corrected chi connectivity index (χ3v) is 5.98. The van der Waals surface area contributed by atoms with Gasteiger partial charge in [-0.25, -0.2) is 8.42 Å². The van der Waals surface area contributed by atoms with Gasteiger partial charge in [-0.05, 0) is 33.8 Å². The molecule has 1 aliphatic rings. The topological polar surface area (TPSA) is 51.5 Å². The maximum atomic E-state index is 12.9. The Bertz CT molecular complexity index is 597. The smallest absolute Gasteiger partial charge is 0.245 e. The van der Waals surface area contributed by atoms with Crippen molar-refractivity contribution in [3.63, 3.8) is 0 Å². The Labute approximate surface area is 131 Å². The number of morpholine rings is 1. The fraction of sp³-hybridized carbons (Fsp3) is 0.714. The lowest BCUT2D eigenvalue weighted by molar-refractivity contribution is -0.0170. The zero-order valence-corrected chi connectivity index (χ0v) is 14.5. The van der Waals surface area contributed by atoms with Crippen LogP contribution in [-0.4, -0.2) is 42.6 Å². The number of rotatable bonds is 4. The minimum atomic E-state index is -3.52. The van der Waals surface area contributed by atoms with E-state index in [9.17, 15) is 8.42 Å². The highest BCUT2D eigenvalue weighted by Crippen LogP contribution is 2.26. The first-order valence-electron chi connectivity index (χ1n) is 7.17. The molecule has 7 heteroatoms. The van der Waals surface area contributed by atoms with E-state index in [1.54, 1.807) is 12.3 Å². The lowest BCUT2D eigenvalue weighted by Crippen LogP contribution is -2.49. The summed E-state index contributed by atoms with van der Waals surface area (Å²) in [6.45, 7) is 8.57. The van der Waals surface area contributed by atoms with Crippen molar-refractivity contribution >= 4 is 21.6 Å². The summed E-state index contributed by atoms with van der Waals surface area (Å²) in [4.78, 5) is 0.313. The Kier molecular flexibility index (Phi) is 5.03. The third-order valence-electron chi connectivity index (χ3n) is 3.76. The van der Waals surface area contributed by atoms with Crippen LogP contribution in [0.25, 0.3) is 0 Å². The molecular formula is C14H23ClN2O3S. The second kappa shape index (κ2) is 6.28. The van der Waals surface area contributed by atoms with Gasteiger partial charge in [0.15, 0.2) is 0 Å². The summed E-state index contributed by atoms with van der Waals surface area (Å²) in [6, 6.07) is 1.69.